The number of nitrogens with one attached hydrogen (secondary N) is 4. The van der Waals surface area contributed by atoms with Crippen LogP contribution in [0.5, 0.6) is 0 Å². The van der Waals surface area contributed by atoms with Gasteiger partial charge in [0.2, 0.25) is 11.8 Å². The van der Waals surface area contributed by atoms with Crippen LogP contribution in [0.1, 0.15) is 103 Å². The zero-order valence-electron chi connectivity index (χ0n) is 35.3. The summed E-state index contributed by atoms with van der Waals surface area (Å²) in [7, 11) is 2.57. The quantitative estimate of drug-likeness (QED) is 0.107. The molecule has 2 aromatic heterocycles. The number of amides is 4. The van der Waals surface area contributed by atoms with Gasteiger partial charge in [-0.05, 0) is 93.0 Å². The maximum absolute atomic E-state index is 13.7. The molecule has 2 aliphatic carbocycles. The molecule has 2 aliphatic rings. The smallest absolute Gasteiger partial charge is 0.425 e. The lowest BCUT2D eigenvalue weighted by Crippen LogP contribution is -2.53. The summed E-state index contributed by atoms with van der Waals surface area (Å²) in [6.45, 7) is 7.46. The van der Waals surface area contributed by atoms with Crippen LogP contribution >= 0.6 is 0 Å². The van der Waals surface area contributed by atoms with Crippen LogP contribution in [-0.2, 0) is 19.1 Å². The number of hydrogen-bond donors (Lipinski definition) is 4. The van der Waals surface area contributed by atoms with Gasteiger partial charge in [-0.1, -0.05) is 74.2 Å². The molecular formula is C46H56N8O6. The van der Waals surface area contributed by atoms with E-state index in [-0.39, 0.29) is 47.6 Å². The number of aromatic amines is 2. The second-order valence-electron chi connectivity index (χ2n) is 16.5. The number of hydrazine groups is 2. The highest BCUT2D eigenvalue weighted by atomic mass is 16.5. The van der Waals surface area contributed by atoms with Gasteiger partial charge < -0.3 is 19.4 Å². The topological polar surface area (TPSA) is 175 Å². The number of imidazole rings is 2. The van der Waals surface area contributed by atoms with Crippen LogP contribution in [0, 0.1) is 11.8 Å². The van der Waals surface area contributed by atoms with Crippen LogP contribution in [0.4, 0.5) is 9.59 Å². The number of ether oxygens (including phenoxy) is 2. The zero-order chi connectivity index (χ0) is 42.5. The molecule has 2 saturated carbocycles. The normalized spacial score (nSPS) is 19.2. The van der Waals surface area contributed by atoms with Crippen LogP contribution in [-0.4, -0.2) is 80.3 Å². The maximum atomic E-state index is 13.7. The first-order valence-electron chi connectivity index (χ1n) is 21.1. The number of carbonyl (C=O) groups excluding carboxylic acids is 4. The molecule has 0 radical (unpaired) electrons. The van der Waals surface area contributed by atoms with E-state index in [9.17, 15) is 19.2 Å². The minimum Gasteiger partial charge on any atom is -0.452 e. The molecule has 4 amide bonds. The van der Waals surface area contributed by atoms with E-state index in [0.717, 1.165) is 107 Å². The van der Waals surface area contributed by atoms with E-state index in [4.69, 9.17) is 19.4 Å². The van der Waals surface area contributed by atoms with Crippen molar-refractivity contribution in [3.63, 3.8) is 0 Å². The number of methoxy groups -OCH3 is 2. The van der Waals surface area contributed by atoms with E-state index >= 15 is 0 Å². The second-order valence-corrected chi connectivity index (χ2v) is 16.5. The number of aromatic nitrogens is 4. The number of nitrogens with zero attached hydrogens (tertiary/aromatic N) is 4. The average molecular weight is 817 g/mol. The van der Waals surface area contributed by atoms with Crippen molar-refractivity contribution in [2.75, 3.05) is 14.2 Å². The molecular weight excluding hydrogens is 761 g/mol. The SMILES string of the molecule is COC(=O)NN(C(=O)C1CCCCC1c1ncc(-c2ccc3cc(-c4ccc(-c5cnc([C@@H]6CCCCC6C(=O)N(NC(=O)OC)C(C)C)[nH]5)cc4)ccc3c2)[nH]1)C(C)C. The van der Waals surface area contributed by atoms with Crippen molar-refractivity contribution in [1.82, 2.24) is 40.8 Å². The summed E-state index contributed by atoms with van der Waals surface area (Å²) >= 11 is 0. The first kappa shape index (κ1) is 42.0. The Morgan fingerprint density at radius 1 is 0.583 bits per heavy atom. The Morgan fingerprint density at radius 3 is 1.45 bits per heavy atom. The fraction of sp³-hybridized carbons (Fsp3) is 0.435. The number of rotatable bonds is 9. The molecule has 0 aliphatic heterocycles. The summed E-state index contributed by atoms with van der Waals surface area (Å²) in [6.07, 6.45) is 9.34. The number of H-pyrrole nitrogens is 2. The Balaban J connectivity index is 1.04. The fourth-order valence-electron chi connectivity index (χ4n) is 8.81. The number of hydrogen-bond acceptors (Lipinski definition) is 8. The molecule has 2 fully saturated rings. The van der Waals surface area contributed by atoms with Crippen molar-refractivity contribution in [3.05, 3.63) is 84.7 Å². The minimum atomic E-state index is -0.667. The average Bonchev–Trinajstić information content (AvgIpc) is 3.98. The lowest BCUT2D eigenvalue weighted by molar-refractivity contribution is -0.143. The summed E-state index contributed by atoms with van der Waals surface area (Å²) < 4.78 is 9.54. The third-order valence-corrected chi connectivity index (χ3v) is 12.0. The molecule has 3 aromatic carbocycles. The molecule has 4 N–H and O–H groups in total. The summed E-state index contributed by atoms with van der Waals surface area (Å²) in [5.41, 5.74) is 11.1. The van der Waals surface area contributed by atoms with E-state index in [2.05, 4.69) is 81.5 Å². The Morgan fingerprint density at radius 2 is 0.983 bits per heavy atom. The Hall–Kier alpha value is -6.18. The van der Waals surface area contributed by atoms with Gasteiger partial charge in [-0.3, -0.25) is 9.59 Å². The lowest BCUT2D eigenvalue weighted by atomic mass is 9.78. The van der Waals surface area contributed by atoms with Gasteiger partial charge in [-0.2, -0.15) is 0 Å². The summed E-state index contributed by atoms with van der Waals surface area (Å²) in [6, 6.07) is 20.7. The number of carbonyl (C=O) groups is 4. The second kappa shape index (κ2) is 18.4. The van der Waals surface area contributed by atoms with Crippen LogP contribution in [0.15, 0.2) is 73.1 Å². The number of fused-ring (bicyclic) bond motifs is 1. The molecule has 4 atom stereocenters. The van der Waals surface area contributed by atoms with Crippen molar-refractivity contribution in [2.24, 2.45) is 11.8 Å². The summed E-state index contributed by atoms with van der Waals surface area (Å²) in [4.78, 5) is 68.1. The van der Waals surface area contributed by atoms with E-state index in [1.807, 2.05) is 40.1 Å². The fourth-order valence-corrected chi connectivity index (χ4v) is 8.81. The molecule has 14 heteroatoms. The first-order chi connectivity index (χ1) is 28.9. The molecule has 3 unspecified atom stereocenters. The lowest BCUT2D eigenvalue weighted by Gasteiger charge is -2.35. The molecule has 14 nitrogen and oxygen atoms in total. The van der Waals surface area contributed by atoms with Gasteiger partial charge in [0.05, 0.1) is 38.0 Å². The highest BCUT2D eigenvalue weighted by molar-refractivity contribution is 5.91. The Bertz CT molecular complexity index is 2320. The van der Waals surface area contributed by atoms with Gasteiger partial charge in [0.15, 0.2) is 0 Å². The van der Waals surface area contributed by atoms with Gasteiger partial charge in [0.1, 0.15) is 11.6 Å². The molecule has 5 aromatic rings. The molecule has 2 heterocycles. The largest absolute Gasteiger partial charge is 0.452 e. The highest BCUT2D eigenvalue weighted by Crippen LogP contribution is 2.40. The van der Waals surface area contributed by atoms with Crippen molar-refractivity contribution < 1.29 is 28.7 Å². The van der Waals surface area contributed by atoms with E-state index < -0.39 is 12.2 Å². The van der Waals surface area contributed by atoms with E-state index in [0.29, 0.717) is 0 Å². The highest BCUT2D eigenvalue weighted by Gasteiger charge is 2.39. The third kappa shape index (κ3) is 9.02. The Labute approximate surface area is 350 Å². The van der Waals surface area contributed by atoms with Gasteiger partial charge in [0, 0.05) is 41.3 Å². The molecule has 0 spiro atoms. The summed E-state index contributed by atoms with van der Waals surface area (Å²) in [5.74, 6) is 0.495. The molecule has 316 valence electrons. The van der Waals surface area contributed by atoms with Crippen LogP contribution in [0.3, 0.4) is 0 Å². The maximum Gasteiger partial charge on any atom is 0.425 e. The molecule has 7 rings (SSSR count). The van der Waals surface area contributed by atoms with Crippen LogP contribution < -0.4 is 10.9 Å². The molecule has 0 bridgehead atoms. The minimum absolute atomic E-state index is 0.0902. The third-order valence-electron chi connectivity index (χ3n) is 12.0. The zero-order valence-corrected chi connectivity index (χ0v) is 35.3. The first-order valence-corrected chi connectivity index (χ1v) is 21.1. The van der Waals surface area contributed by atoms with Gasteiger partial charge in [-0.25, -0.2) is 40.4 Å². The Kier molecular flexibility index (Phi) is 12.9. The van der Waals surface area contributed by atoms with Crippen molar-refractivity contribution in [1.29, 1.82) is 0 Å². The van der Waals surface area contributed by atoms with Crippen molar-refractivity contribution in [3.8, 4) is 33.6 Å². The van der Waals surface area contributed by atoms with E-state index in [1.165, 1.54) is 24.2 Å². The number of benzene rings is 3. The van der Waals surface area contributed by atoms with Gasteiger partial charge in [-0.15, -0.1) is 0 Å². The van der Waals surface area contributed by atoms with Gasteiger partial charge in [0.25, 0.3) is 0 Å². The van der Waals surface area contributed by atoms with Gasteiger partial charge >= 0.3 is 12.2 Å². The predicted molar refractivity (Wildman–Crippen MR) is 229 cm³/mol. The molecule has 60 heavy (non-hydrogen) atoms. The summed E-state index contributed by atoms with van der Waals surface area (Å²) in [5, 5.41) is 4.97. The van der Waals surface area contributed by atoms with Crippen molar-refractivity contribution in [2.45, 2.75) is 103 Å². The van der Waals surface area contributed by atoms with Crippen LogP contribution in [0.2, 0.25) is 0 Å². The van der Waals surface area contributed by atoms with E-state index in [1.54, 1.807) is 0 Å². The van der Waals surface area contributed by atoms with Crippen LogP contribution in [0.25, 0.3) is 44.4 Å². The van der Waals surface area contributed by atoms with Crippen molar-refractivity contribution >= 4 is 34.8 Å². The monoisotopic (exact) mass is 816 g/mol. The predicted octanol–water partition coefficient (Wildman–Crippen LogP) is 8.85. The molecule has 0 saturated heterocycles. The standard InChI is InChI=1S/C46H56N8O6/c1-27(2)53(51-45(57)59-5)43(55)37-13-9-7-11-35(37)41-47-25-39(49-41)30-17-15-29(16-18-30)31-19-20-33-24-34(22-21-32(33)23-31)40-26-48-42(50-40)36-12-8-10-14-38(36)44(56)54(28(3)4)52-46(58)60-6/h15-28,35-38H,7-14H2,1-6H3,(H,47,49)(H,48,50)(H,51,57)(H,52,58)/t35-,36?,37?,38?/m1/s1.